The van der Waals surface area contributed by atoms with Crippen molar-refractivity contribution in [3.05, 3.63) is 0 Å². The number of hydrogen-bond acceptors (Lipinski definition) is 8. The van der Waals surface area contributed by atoms with E-state index >= 15 is 0 Å². The van der Waals surface area contributed by atoms with E-state index in [1.165, 1.54) is 0 Å². The van der Waals surface area contributed by atoms with E-state index in [0.29, 0.717) is 13.2 Å². The fraction of sp³-hybridized carbons (Fsp3) is 0.600. The molecule has 0 atom stereocenters. The van der Waals surface area contributed by atoms with Crippen molar-refractivity contribution >= 4 is 17.9 Å². The number of anilines is 2. The third-order valence-corrected chi connectivity index (χ3v) is 1.76. The molecule has 0 aliphatic carbocycles. The topological polar surface area (TPSA) is 112 Å². The van der Waals surface area contributed by atoms with Gasteiger partial charge < -0.3 is 20.5 Å². The summed E-state index contributed by atoms with van der Waals surface area (Å²) in [6.07, 6.45) is 0.831. The molecule has 8 nitrogen and oxygen atoms in total. The van der Waals surface area contributed by atoms with Gasteiger partial charge in [-0.05, 0) is 13.3 Å². The van der Waals surface area contributed by atoms with Gasteiger partial charge in [0, 0.05) is 0 Å². The van der Waals surface area contributed by atoms with Crippen molar-refractivity contribution < 1.29 is 14.3 Å². The third-order valence-electron chi connectivity index (χ3n) is 1.76. The van der Waals surface area contributed by atoms with E-state index in [9.17, 15) is 4.79 Å². The number of carbonyl (C=O) groups excluding carboxylic acids is 1. The molecule has 1 heterocycles. The Labute approximate surface area is 105 Å². The molecular formula is C10H17N5O3. The lowest BCUT2D eigenvalue weighted by molar-refractivity contribution is -0.140. The normalized spacial score (nSPS) is 9.89. The van der Waals surface area contributed by atoms with E-state index in [2.05, 4.69) is 20.3 Å². The van der Waals surface area contributed by atoms with Crippen LogP contribution in [0.1, 0.15) is 20.3 Å². The Morgan fingerprint density at radius 3 is 2.78 bits per heavy atom. The predicted molar refractivity (Wildman–Crippen MR) is 65.1 cm³/mol. The van der Waals surface area contributed by atoms with Crippen molar-refractivity contribution in [3.8, 4) is 6.01 Å². The smallest absolute Gasteiger partial charge is 0.325 e. The molecule has 0 saturated carbocycles. The van der Waals surface area contributed by atoms with Crippen molar-refractivity contribution in [2.24, 2.45) is 0 Å². The summed E-state index contributed by atoms with van der Waals surface area (Å²) in [7, 11) is 0. The van der Waals surface area contributed by atoms with E-state index < -0.39 is 5.97 Å². The lowest BCUT2D eigenvalue weighted by Gasteiger charge is -2.07. The standard InChI is InChI=1S/C10H17N5O3/c1-3-5-18-10-14-8(11)13-9(15-10)12-6-7(16)17-4-2/h3-6H2,1-2H3,(H3,11,12,13,14,15). The number of carbonyl (C=O) groups is 1. The molecule has 0 unspecified atom stereocenters. The summed E-state index contributed by atoms with van der Waals surface area (Å²) in [4.78, 5) is 22.7. The lowest BCUT2D eigenvalue weighted by atomic mass is 10.5. The lowest BCUT2D eigenvalue weighted by Crippen LogP contribution is -2.19. The maximum atomic E-state index is 11.1. The summed E-state index contributed by atoms with van der Waals surface area (Å²) < 4.78 is 9.99. The number of nitrogen functional groups attached to an aromatic ring is 1. The van der Waals surface area contributed by atoms with Crippen LogP contribution in [0.25, 0.3) is 0 Å². The van der Waals surface area contributed by atoms with Gasteiger partial charge in [0.25, 0.3) is 0 Å². The highest BCUT2D eigenvalue weighted by atomic mass is 16.5. The van der Waals surface area contributed by atoms with Gasteiger partial charge in [-0.1, -0.05) is 6.92 Å². The largest absolute Gasteiger partial charge is 0.465 e. The molecule has 1 aromatic heterocycles. The Kier molecular flexibility index (Phi) is 5.62. The first-order chi connectivity index (χ1) is 8.65. The molecule has 18 heavy (non-hydrogen) atoms. The highest BCUT2D eigenvalue weighted by Crippen LogP contribution is 2.08. The van der Waals surface area contributed by atoms with Crippen LogP contribution in [-0.2, 0) is 9.53 Å². The number of esters is 1. The van der Waals surface area contributed by atoms with Gasteiger partial charge in [0.15, 0.2) is 0 Å². The summed E-state index contributed by atoms with van der Waals surface area (Å²) in [5.41, 5.74) is 5.50. The minimum absolute atomic E-state index is 0.0301. The molecule has 0 radical (unpaired) electrons. The third kappa shape index (κ3) is 4.81. The van der Waals surface area contributed by atoms with Gasteiger partial charge in [-0.3, -0.25) is 4.79 Å². The predicted octanol–water partition coefficient (Wildman–Crippen LogP) is 0.218. The fourth-order valence-electron chi connectivity index (χ4n) is 1.07. The van der Waals surface area contributed by atoms with E-state index in [1.54, 1.807) is 6.92 Å². The van der Waals surface area contributed by atoms with Crippen molar-refractivity contribution in [2.45, 2.75) is 20.3 Å². The first-order valence-electron chi connectivity index (χ1n) is 5.69. The number of nitrogens with one attached hydrogen (secondary N) is 1. The van der Waals surface area contributed by atoms with Gasteiger partial charge in [-0.25, -0.2) is 0 Å². The first kappa shape index (κ1) is 13.9. The zero-order valence-corrected chi connectivity index (χ0v) is 10.5. The number of rotatable bonds is 7. The van der Waals surface area contributed by atoms with Crippen LogP contribution >= 0.6 is 0 Å². The summed E-state index contributed by atoms with van der Waals surface area (Å²) in [5, 5.41) is 2.69. The maximum absolute atomic E-state index is 11.1. The summed E-state index contributed by atoms with van der Waals surface area (Å²) in [6.45, 7) is 4.47. The molecule has 0 aliphatic rings. The van der Waals surface area contributed by atoms with Crippen molar-refractivity contribution in [1.29, 1.82) is 0 Å². The Morgan fingerprint density at radius 2 is 2.11 bits per heavy atom. The summed E-state index contributed by atoms with van der Waals surface area (Å²) >= 11 is 0. The average Bonchev–Trinajstić information content (AvgIpc) is 2.34. The molecule has 3 N–H and O–H groups in total. The zero-order valence-electron chi connectivity index (χ0n) is 10.5. The van der Waals surface area contributed by atoms with Crippen molar-refractivity contribution in [3.63, 3.8) is 0 Å². The van der Waals surface area contributed by atoms with Crippen LogP contribution in [0.4, 0.5) is 11.9 Å². The van der Waals surface area contributed by atoms with Crippen LogP contribution in [0.2, 0.25) is 0 Å². The van der Waals surface area contributed by atoms with E-state index in [1.807, 2.05) is 6.92 Å². The van der Waals surface area contributed by atoms with Crippen LogP contribution in [0, 0.1) is 0 Å². The molecule has 0 amide bonds. The Hall–Kier alpha value is -2.12. The Bertz CT molecular complexity index is 399. The maximum Gasteiger partial charge on any atom is 0.325 e. The van der Waals surface area contributed by atoms with Crippen LogP contribution in [-0.4, -0.2) is 40.7 Å². The highest BCUT2D eigenvalue weighted by Gasteiger charge is 2.07. The van der Waals surface area contributed by atoms with Crippen LogP contribution in [0.15, 0.2) is 0 Å². The molecule has 0 aliphatic heterocycles. The van der Waals surface area contributed by atoms with Crippen molar-refractivity contribution in [2.75, 3.05) is 30.8 Å². The monoisotopic (exact) mass is 255 g/mol. The molecular weight excluding hydrogens is 238 g/mol. The molecule has 1 aromatic rings. The molecule has 0 bridgehead atoms. The van der Waals surface area contributed by atoms with Gasteiger partial charge >= 0.3 is 12.0 Å². The van der Waals surface area contributed by atoms with Gasteiger partial charge in [-0.2, -0.15) is 15.0 Å². The number of aromatic nitrogens is 3. The fourth-order valence-corrected chi connectivity index (χ4v) is 1.07. The van der Waals surface area contributed by atoms with Gasteiger partial charge in [-0.15, -0.1) is 0 Å². The summed E-state index contributed by atoms with van der Waals surface area (Å²) in [5.74, 6) is -0.184. The molecule has 0 fully saturated rings. The molecule has 1 rings (SSSR count). The zero-order chi connectivity index (χ0) is 13.4. The second-order valence-corrected chi connectivity index (χ2v) is 3.31. The Balaban J connectivity index is 2.59. The molecule has 100 valence electrons. The first-order valence-corrected chi connectivity index (χ1v) is 5.69. The number of hydrogen-bond donors (Lipinski definition) is 2. The average molecular weight is 255 g/mol. The second kappa shape index (κ2) is 7.25. The van der Waals surface area contributed by atoms with E-state index in [0.717, 1.165) is 6.42 Å². The summed E-state index contributed by atoms with van der Waals surface area (Å²) in [6, 6.07) is 0.135. The number of ether oxygens (including phenoxy) is 2. The minimum Gasteiger partial charge on any atom is -0.465 e. The second-order valence-electron chi connectivity index (χ2n) is 3.31. The SMILES string of the molecule is CCCOc1nc(N)nc(NCC(=O)OCC)n1. The van der Waals surface area contributed by atoms with Crippen LogP contribution < -0.4 is 15.8 Å². The number of nitrogens with zero attached hydrogens (tertiary/aromatic N) is 3. The van der Waals surface area contributed by atoms with Crippen LogP contribution in [0.3, 0.4) is 0 Å². The molecule has 0 aromatic carbocycles. The van der Waals surface area contributed by atoms with Gasteiger partial charge in [0.2, 0.25) is 11.9 Å². The molecule has 0 saturated heterocycles. The van der Waals surface area contributed by atoms with E-state index in [-0.39, 0.29) is 24.5 Å². The van der Waals surface area contributed by atoms with Gasteiger partial charge in [0.05, 0.1) is 13.2 Å². The van der Waals surface area contributed by atoms with Crippen LogP contribution in [0.5, 0.6) is 6.01 Å². The quantitative estimate of drug-likeness (QED) is 0.665. The molecule has 0 spiro atoms. The number of nitrogens with two attached hydrogens (primary N) is 1. The van der Waals surface area contributed by atoms with E-state index in [4.69, 9.17) is 15.2 Å². The van der Waals surface area contributed by atoms with Crippen molar-refractivity contribution in [1.82, 2.24) is 15.0 Å². The minimum atomic E-state index is -0.396. The molecule has 8 heteroatoms. The highest BCUT2D eigenvalue weighted by molar-refractivity contribution is 5.74. The Morgan fingerprint density at radius 1 is 1.33 bits per heavy atom. The van der Waals surface area contributed by atoms with Gasteiger partial charge in [0.1, 0.15) is 6.54 Å².